The van der Waals surface area contributed by atoms with Crippen molar-refractivity contribution in [1.29, 1.82) is 0 Å². The third kappa shape index (κ3) is 5.32. The van der Waals surface area contributed by atoms with E-state index < -0.39 is 0 Å². The van der Waals surface area contributed by atoms with Crippen LogP contribution in [0, 0.1) is 6.92 Å². The summed E-state index contributed by atoms with van der Waals surface area (Å²) in [6.45, 7) is 4.98. The van der Waals surface area contributed by atoms with Crippen molar-refractivity contribution in [3.63, 3.8) is 0 Å². The fraction of sp³-hybridized carbons (Fsp3) is 0.435. The largest absolute Gasteiger partial charge is 0.383 e. The number of urea groups is 1. The lowest BCUT2D eigenvalue weighted by Gasteiger charge is -2.27. The van der Waals surface area contributed by atoms with Crippen molar-refractivity contribution in [1.82, 2.24) is 19.8 Å². The van der Waals surface area contributed by atoms with Gasteiger partial charge in [-0.15, -0.1) is 0 Å². The smallest absolute Gasteiger partial charge is 0.317 e. The average Bonchev–Trinajstić information content (AvgIpc) is 3.38. The molecule has 1 aliphatic rings. The lowest BCUT2D eigenvalue weighted by molar-refractivity contribution is -0.133. The molecule has 1 aromatic carbocycles. The molecule has 0 aliphatic carbocycles. The highest BCUT2D eigenvalue weighted by Crippen LogP contribution is 2.33. The zero-order valence-electron chi connectivity index (χ0n) is 18.7. The molecule has 0 unspecified atom stereocenters. The van der Waals surface area contributed by atoms with E-state index >= 15 is 0 Å². The third-order valence-corrected chi connectivity index (χ3v) is 5.37. The zero-order valence-corrected chi connectivity index (χ0v) is 18.7. The molecule has 1 atom stereocenters. The number of rotatable bonds is 8. The Morgan fingerprint density at radius 3 is 2.61 bits per heavy atom. The van der Waals surface area contributed by atoms with Crippen molar-refractivity contribution < 1.29 is 14.3 Å². The van der Waals surface area contributed by atoms with Crippen LogP contribution < -0.4 is 5.32 Å². The molecule has 0 bridgehead atoms. The number of hydrogen-bond acceptors (Lipinski definition) is 4. The molecule has 3 amide bonds. The number of carbonyl (C=O) groups is 2. The molecule has 0 radical (unpaired) electrons. The van der Waals surface area contributed by atoms with E-state index in [2.05, 4.69) is 5.32 Å². The molecular formula is C23H31N5O3. The van der Waals surface area contributed by atoms with Crippen molar-refractivity contribution in [3.05, 3.63) is 59.4 Å². The van der Waals surface area contributed by atoms with Crippen LogP contribution in [0.4, 0.5) is 4.79 Å². The molecule has 166 valence electrons. The summed E-state index contributed by atoms with van der Waals surface area (Å²) >= 11 is 0. The third-order valence-electron chi connectivity index (χ3n) is 5.37. The Labute approximate surface area is 183 Å². The molecule has 0 saturated heterocycles. The molecule has 1 aromatic heterocycles. The van der Waals surface area contributed by atoms with Crippen LogP contribution in [0.15, 0.2) is 47.7 Å². The van der Waals surface area contributed by atoms with Crippen molar-refractivity contribution >= 4 is 17.6 Å². The molecular weight excluding hydrogens is 394 g/mol. The maximum atomic E-state index is 13.3. The van der Waals surface area contributed by atoms with E-state index in [0.717, 1.165) is 22.5 Å². The predicted molar refractivity (Wildman–Crippen MR) is 120 cm³/mol. The summed E-state index contributed by atoms with van der Waals surface area (Å²) in [6, 6.07) is 11.6. The van der Waals surface area contributed by atoms with Gasteiger partial charge in [0, 0.05) is 39.9 Å². The SMILES string of the molecule is CCNC(=O)N(CCOC)CC(=O)N1N=C(c2cccn2C)C[C@@H]1c1ccc(C)cc1. The first kappa shape index (κ1) is 22.6. The number of nitrogens with zero attached hydrogens (tertiary/aromatic N) is 4. The Hall–Kier alpha value is -3.13. The molecule has 2 heterocycles. The Morgan fingerprint density at radius 1 is 1.26 bits per heavy atom. The molecule has 0 spiro atoms. The van der Waals surface area contributed by atoms with Gasteiger partial charge in [-0.1, -0.05) is 29.8 Å². The van der Waals surface area contributed by atoms with Crippen LogP contribution in [-0.2, 0) is 16.6 Å². The lowest BCUT2D eigenvalue weighted by Crippen LogP contribution is -2.47. The second-order valence-corrected chi connectivity index (χ2v) is 7.67. The molecule has 1 N–H and O–H groups in total. The molecule has 3 rings (SSSR count). The summed E-state index contributed by atoms with van der Waals surface area (Å²) < 4.78 is 7.11. The first-order valence-corrected chi connectivity index (χ1v) is 10.5. The zero-order chi connectivity index (χ0) is 22.4. The Bertz CT molecular complexity index is 935. The van der Waals surface area contributed by atoms with E-state index in [4.69, 9.17) is 9.84 Å². The van der Waals surface area contributed by atoms with Gasteiger partial charge in [0.2, 0.25) is 0 Å². The van der Waals surface area contributed by atoms with Gasteiger partial charge in [-0.05, 0) is 31.5 Å². The number of nitrogens with one attached hydrogen (secondary N) is 1. The number of aryl methyl sites for hydroxylation is 2. The van der Waals surface area contributed by atoms with E-state index in [0.29, 0.717) is 26.1 Å². The van der Waals surface area contributed by atoms with Gasteiger partial charge in [-0.2, -0.15) is 5.10 Å². The Balaban J connectivity index is 1.87. The minimum Gasteiger partial charge on any atom is -0.383 e. The fourth-order valence-electron chi connectivity index (χ4n) is 3.66. The van der Waals surface area contributed by atoms with Gasteiger partial charge in [0.25, 0.3) is 5.91 Å². The minimum absolute atomic E-state index is 0.0680. The molecule has 0 fully saturated rings. The van der Waals surface area contributed by atoms with E-state index in [9.17, 15) is 9.59 Å². The molecule has 31 heavy (non-hydrogen) atoms. The van der Waals surface area contributed by atoms with Crippen LogP contribution >= 0.6 is 0 Å². The van der Waals surface area contributed by atoms with Gasteiger partial charge >= 0.3 is 6.03 Å². The summed E-state index contributed by atoms with van der Waals surface area (Å²) in [5.41, 5.74) is 4.01. The molecule has 2 aromatic rings. The van der Waals surface area contributed by atoms with E-state index in [1.54, 1.807) is 7.11 Å². The highest BCUT2D eigenvalue weighted by atomic mass is 16.5. The molecule has 0 saturated carbocycles. The number of hydrogen-bond donors (Lipinski definition) is 1. The van der Waals surface area contributed by atoms with Gasteiger partial charge < -0.3 is 19.5 Å². The number of aromatic nitrogens is 1. The van der Waals surface area contributed by atoms with Gasteiger partial charge in [0.05, 0.1) is 24.1 Å². The van der Waals surface area contributed by atoms with E-state index in [1.807, 2.05) is 68.1 Å². The van der Waals surface area contributed by atoms with Crippen LogP contribution in [0.3, 0.4) is 0 Å². The number of hydrazone groups is 1. The number of amides is 3. The minimum atomic E-state index is -0.286. The van der Waals surface area contributed by atoms with Gasteiger partial charge in [-0.3, -0.25) is 4.79 Å². The molecule has 8 nitrogen and oxygen atoms in total. The summed E-state index contributed by atoms with van der Waals surface area (Å²) in [6.07, 6.45) is 2.58. The van der Waals surface area contributed by atoms with Crippen molar-refractivity contribution in [2.75, 3.05) is 33.4 Å². The van der Waals surface area contributed by atoms with Crippen LogP contribution in [0.1, 0.15) is 36.2 Å². The molecule has 8 heteroatoms. The number of methoxy groups -OCH3 is 1. The number of carbonyl (C=O) groups excluding carboxylic acids is 2. The quantitative estimate of drug-likeness (QED) is 0.706. The van der Waals surface area contributed by atoms with E-state index in [1.165, 1.54) is 9.91 Å². The highest BCUT2D eigenvalue weighted by Gasteiger charge is 2.34. The topological polar surface area (TPSA) is 79.2 Å². The van der Waals surface area contributed by atoms with Gasteiger partial charge in [-0.25, -0.2) is 9.80 Å². The summed E-state index contributed by atoms with van der Waals surface area (Å²) in [7, 11) is 3.53. The summed E-state index contributed by atoms with van der Waals surface area (Å²) in [5.74, 6) is -0.225. The van der Waals surface area contributed by atoms with E-state index in [-0.39, 0.29) is 24.5 Å². The standard InChI is InChI=1S/C23H31N5O3/c1-5-24-23(30)27(13-14-31-4)16-22(29)28-21(18-10-8-17(2)9-11-18)15-19(25-28)20-7-6-12-26(20)3/h6-12,21H,5,13-16H2,1-4H3,(H,24,30)/t21-/m1/s1. The first-order chi connectivity index (χ1) is 14.9. The normalized spacial score (nSPS) is 15.7. The lowest BCUT2D eigenvalue weighted by atomic mass is 9.99. The Kier molecular flexibility index (Phi) is 7.46. The van der Waals surface area contributed by atoms with Crippen LogP contribution in [0.25, 0.3) is 0 Å². The highest BCUT2D eigenvalue weighted by molar-refractivity contribution is 6.02. The Morgan fingerprint density at radius 2 is 2.00 bits per heavy atom. The monoisotopic (exact) mass is 425 g/mol. The van der Waals surface area contributed by atoms with Crippen LogP contribution in [0.5, 0.6) is 0 Å². The number of ether oxygens (including phenoxy) is 1. The first-order valence-electron chi connectivity index (χ1n) is 10.5. The second-order valence-electron chi connectivity index (χ2n) is 7.67. The fourth-order valence-corrected chi connectivity index (χ4v) is 3.66. The summed E-state index contributed by atoms with van der Waals surface area (Å²) in [4.78, 5) is 27.2. The second kappa shape index (κ2) is 10.3. The summed E-state index contributed by atoms with van der Waals surface area (Å²) in [5, 5.41) is 8.99. The predicted octanol–water partition coefficient (Wildman–Crippen LogP) is 2.69. The van der Waals surface area contributed by atoms with Crippen molar-refractivity contribution in [2.24, 2.45) is 12.1 Å². The van der Waals surface area contributed by atoms with Crippen molar-refractivity contribution in [2.45, 2.75) is 26.3 Å². The van der Waals surface area contributed by atoms with Crippen LogP contribution in [-0.4, -0.2) is 65.5 Å². The van der Waals surface area contributed by atoms with Gasteiger partial charge in [0.1, 0.15) is 6.54 Å². The maximum Gasteiger partial charge on any atom is 0.317 e. The van der Waals surface area contributed by atoms with Crippen molar-refractivity contribution in [3.8, 4) is 0 Å². The average molecular weight is 426 g/mol. The van der Waals surface area contributed by atoms with Gasteiger partial charge in [0.15, 0.2) is 0 Å². The van der Waals surface area contributed by atoms with Crippen LogP contribution in [0.2, 0.25) is 0 Å². The maximum absolute atomic E-state index is 13.3. The molecule has 1 aliphatic heterocycles. The number of benzene rings is 1.